The third-order valence-corrected chi connectivity index (χ3v) is 5.78. The Labute approximate surface area is 179 Å². The molecule has 3 rings (SSSR count). The predicted molar refractivity (Wildman–Crippen MR) is 111 cm³/mol. The minimum atomic E-state index is -1.38. The number of rotatable bonds is 3. The average Bonchev–Trinajstić information content (AvgIpc) is 2.61. The number of para-hydroxylation sites is 1. The summed E-state index contributed by atoms with van der Waals surface area (Å²) >= 11 is 6.26. The predicted octanol–water partition coefficient (Wildman–Crippen LogP) is 4.95. The van der Waals surface area contributed by atoms with Crippen LogP contribution in [0.25, 0.3) is 5.57 Å². The number of hydrogen-bond acceptors (Lipinski definition) is 5. The highest BCUT2D eigenvalue weighted by atomic mass is 35.5. The summed E-state index contributed by atoms with van der Waals surface area (Å²) in [5, 5.41) is 10.4. The highest BCUT2D eigenvalue weighted by Gasteiger charge is 2.56. The van der Waals surface area contributed by atoms with Gasteiger partial charge in [0, 0.05) is 18.2 Å². The van der Waals surface area contributed by atoms with Crippen LogP contribution < -0.4 is 4.74 Å². The molecule has 0 saturated heterocycles. The van der Waals surface area contributed by atoms with E-state index in [-0.39, 0.29) is 18.0 Å². The zero-order valence-electron chi connectivity index (χ0n) is 17.6. The van der Waals surface area contributed by atoms with Crippen molar-refractivity contribution in [2.24, 2.45) is 0 Å². The molecule has 2 aliphatic rings. The number of carbonyl (C=O) groups is 2. The topological polar surface area (TPSA) is 76.1 Å². The molecule has 162 valence electrons. The lowest BCUT2D eigenvalue weighted by atomic mass is 9.77. The van der Waals surface area contributed by atoms with Crippen LogP contribution in [0.1, 0.15) is 46.6 Å². The standard InChI is InChI=1S/C22H25ClFNO5/c1-20(2,3)30-19(28)25-10-9-13(11-17(25)27)14-7-6-8-15(26)18(14)29-21(4)12-16(24)22(21,5)23/h6-8,11-12,26H,9-10H2,1-5H3. The number of nitrogens with zero attached hydrogens (tertiary/aromatic N) is 1. The first kappa shape index (κ1) is 22.2. The van der Waals surface area contributed by atoms with Crippen molar-refractivity contribution in [2.75, 3.05) is 6.54 Å². The Morgan fingerprint density at radius 2 is 1.97 bits per heavy atom. The maximum atomic E-state index is 13.8. The molecule has 0 spiro atoms. The second kappa shape index (κ2) is 7.30. The van der Waals surface area contributed by atoms with Crippen LogP contribution in [-0.2, 0) is 9.53 Å². The normalized spacial score (nSPS) is 26.5. The lowest BCUT2D eigenvalue weighted by Gasteiger charge is -2.46. The van der Waals surface area contributed by atoms with E-state index in [0.29, 0.717) is 17.6 Å². The number of halogens is 2. The minimum Gasteiger partial charge on any atom is -0.504 e. The second-order valence-electron chi connectivity index (χ2n) is 8.75. The van der Waals surface area contributed by atoms with Crippen LogP contribution in [0.15, 0.2) is 36.2 Å². The first-order valence-electron chi connectivity index (χ1n) is 9.59. The molecule has 0 radical (unpaired) electrons. The van der Waals surface area contributed by atoms with E-state index < -0.39 is 33.9 Å². The molecule has 0 fully saturated rings. The third kappa shape index (κ3) is 3.90. The summed E-state index contributed by atoms with van der Waals surface area (Å²) < 4.78 is 25.0. The highest BCUT2D eigenvalue weighted by Crippen LogP contribution is 2.51. The van der Waals surface area contributed by atoms with Gasteiger partial charge in [-0.2, -0.15) is 0 Å². The first-order chi connectivity index (χ1) is 13.7. The van der Waals surface area contributed by atoms with E-state index in [1.54, 1.807) is 39.8 Å². The number of carbonyl (C=O) groups excluding carboxylic acids is 2. The van der Waals surface area contributed by atoms with Gasteiger partial charge in [0.25, 0.3) is 5.91 Å². The molecule has 0 bridgehead atoms. The molecule has 2 atom stereocenters. The molecule has 8 heteroatoms. The van der Waals surface area contributed by atoms with Crippen LogP contribution >= 0.6 is 11.6 Å². The Hall–Kier alpha value is -2.54. The smallest absolute Gasteiger partial charge is 0.417 e. The van der Waals surface area contributed by atoms with Crippen LogP contribution in [0, 0.1) is 0 Å². The zero-order valence-corrected chi connectivity index (χ0v) is 18.3. The highest BCUT2D eigenvalue weighted by molar-refractivity contribution is 6.27. The molecular formula is C22H25ClFNO5. The first-order valence-corrected chi connectivity index (χ1v) is 9.97. The fraction of sp³-hybridized carbons (Fsp3) is 0.455. The lowest BCUT2D eigenvalue weighted by molar-refractivity contribution is -0.125. The van der Waals surface area contributed by atoms with E-state index in [1.165, 1.54) is 25.1 Å². The Bertz CT molecular complexity index is 963. The average molecular weight is 438 g/mol. The molecule has 30 heavy (non-hydrogen) atoms. The van der Waals surface area contributed by atoms with Crippen LogP contribution in [-0.4, -0.2) is 44.6 Å². The summed E-state index contributed by atoms with van der Waals surface area (Å²) in [5.74, 6) is -1.10. The molecule has 6 nitrogen and oxygen atoms in total. The van der Waals surface area contributed by atoms with Crippen molar-refractivity contribution in [3.8, 4) is 11.5 Å². The van der Waals surface area contributed by atoms with Crippen molar-refractivity contribution in [1.29, 1.82) is 0 Å². The van der Waals surface area contributed by atoms with Gasteiger partial charge in [0.15, 0.2) is 17.1 Å². The van der Waals surface area contributed by atoms with Crippen molar-refractivity contribution in [1.82, 2.24) is 4.90 Å². The minimum absolute atomic E-state index is 0.0976. The third-order valence-electron chi connectivity index (χ3n) is 5.22. The molecule has 1 aromatic rings. The van der Waals surface area contributed by atoms with Crippen LogP contribution in [0.2, 0.25) is 0 Å². The van der Waals surface area contributed by atoms with Crippen molar-refractivity contribution in [3.05, 3.63) is 41.7 Å². The summed E-state index contributed by atoms with van der Waals surface area (Å²) in [6, 6.07) is 4.73. The summed E-state index contributed by atoms with van der Waals surface area (Å²) in [4.78, 5) is 24.5. The van der Waals surface area contributed by atoms with E-state index in [1.807, 2.05) is 0 Å². The van der Waals surface area contributed by atoms with Crippen molar-refractivity contribution < 1.29 is 28.6 Å². The van der Waals surface area contributed by atoms with E-state index in [9.17, 15) is 19.1 Å². The number of phenols is 1. The number of imide groups is 1. The van der Waals surface area contributed by atoms with E-state index >= 15 is 0 Å². The van der Waals surface area contributed by atoms with Crippen molar-refractivity contribution >= 4 is 29.2 Å². The largest absolute Gasteiger partial charge is 0.504 e. The van der Waals surface area contributed by atoms with Gasteiger partial charge in [-0.3, -0.25) is 4.79 Å². The number of phenolic OH excluding ortho intramolecular Hbond substituents is 1. The number of alkyl halides is 1. The Balaban J connectivity index is 1.89. The van der Waals surface area contributed by atoms with Gasteiger partial charge in [0.05, 0.1) is 0 Å². The molecule has 0 saturated carbocycles. The Morgan fingerprint density at radius 1 is 1.30 bits per heavy atom. The molecule has 1 aliphatic heterocycles. The molecule has 1 heterocycles. The Morgan fingerprint density at radius 3 is 2.50 bits per heavy atom. The molecule has 1 N–H and O–H groups in total. The Kier molecular flexibility index (Phi) is 5.39. The molecule has 2 amide bonds. The summed E-state index contributed by atoms with van der Waals surface area (Å²) in [6.45, 7) is 8.39. The van der Waals surface area contributed by atoms with E-state index in [2.05, 4.69) is 0 Å². The van der Waals surface area contributed by atoms with Gasteiger partial charge in [-0.15, -0.1) is 11.6 Å². The molecule has 0 aromatic heterocycles. The second-order valence-corrected chi connectivity index (χ2v) is 9.50. The van der Waals surface area contributed by atoms with Crippen LogP contribution in [0.4, 0.5) is 9.18 Å². The van der Waals surface area contributed by atoms with E-state index in [0.717, 1.165) is 4.90 Å². The van der Waals surface area contributed by atoms with Gasteiger partial charge in [-0.05, 0) is 58.8 Å². The molecular weight excluding hydrogens is 413 g/mol. The van der Waals surface area contributed by atoms with Gasteiger partial charge in [0.2, 0.25) is 0 Å². The quantitative estimate of drug-likeness (QED) is 0.677. The van der Waals surface area contributed by atoms with Gasteiger partial charge >= 0.3 is 6.09 Å². The lowest BCUT2D eigenvalue weighted by Crippen LogP contribution is -2.56. The summed E-state index contributed by atoms with van der Waals surface area (Å²) in [7, 11) is 0. The number of ether oxygens (including phenoxy) is 2. The number of aromatic hydroxyl groups is 1. The molecule has 1 aromatic carbocycles. The van der Waals surface area contributed by atoms with Crippen molar-refractivity contribution in [2.45, 2.75) is 57.1 Å². The monoisotopic (exact) mass is 437 g/mol. The summed E-state index contributed by atoms with van der Waals surface area (Å²) in [6.07, 6.45) is 2.19. The zero-order chi connectivity index (χ0) is 22.5. The fourth-order valence-corrected chi connectivity index (χ4v) is 3.39. The maximum absolute atomic E-state index is 13.8. The maximum Gasteiger partial charge on any atom is 0.417 e. The fourth-order valence-electron chi connectivity index (χ4n) is 3.25. The van der Waals surface area contributed by atoms with Crippen LogP contribution in [0.3, 0.4) is 0 Å². The van der Waals surface area contributed by atoms with E-state index in [4.69, 9.17) is 21.1 Å². The number of amides is 2. The van der Waals surface area contributed by atoms with Crippen molar-refractivity contribution in [3.63, 3.8) is 0 Å². The number of hydrogen-bond donors (Lipinski definition) is 1. The van der Waals surface area contributed by atoms with Gasteiger partial charge in [0.1, 0.15) is 16.3 Å². The SMILES string of the molecule is CC(C)(C)OC(=O)N1CCC(c2cccc(O)c2OC2(C)C=C(F)C2(C)Cl)=CC1=O. The molecule has 1 aliphatic carbocycles. The van der Waals surface area contributed by atoms with Crippen LogP contribution in [0.5, 0.6) is 11.5 Å². The number of benzene rings is 1. The van der Waals surface area contributed by atoms with Gasteiger partial charge < -0.3 is 14.6 Å². The summed E-state index contributed by atoms with van der Waals surface area (Å²) in [5.41, 5.74) is -0.854. The molecule has 2 unspecified atom stereocenters. The van der Waals surface area contributed by atoms with Gasteiger partial charge in [-0.25, -0.2) is 14.1 Å². The van der Waals surface area contributed by atoms with Gasteiger partial charge in [-0.1, -0.05) is 12.1 Å².